The van der Waals surface area contributed by atoms with Crippen molar-refractivity contribution in [2.45, 2.75) is 26.6 Å². The van der Waals surface area contributed by atoms with Gasteiger partial charge in [-0.3, -0.25) is 0 Å². The van der Waals surface area contributed by atoms with Gasteiger partial charge in [0, 0.05) is 23.7 Å². The molecule has 0 spiro atoms. The van der Waals surface area contributed by atoms with Gasteiger partial charge in [-0.05, 0) is 42.8 Å². The highest BCUT2D eigenvalue weighted by atomic mass is 35.5. The zero-order chi connectivity index (χ0) is 20.5. The van der Waals surface area contributed by atoms with Gasteiger partial charge in [-0.2, -0.15) is 8.78 Å². The standard InChI is InChI=1S/C19H22ClF2N3O3/c1-3-23-19(24-10-12-4-6-17(27-2)15(26)8-12)25-11-13-9-14(20)5-7-16(13)28-18(21)22/h4-9,18,26H,3,10-11H2,1-2H3,(H2,23,24,25). The van der Waals surface area contributed by atoms with Crippen molar-refractivity contribution in [2.24, 2.45) is 4.99 Å². The first-order chi connectivity index (χ1) is 13.4. The molecular formula is C19H22ClF2N3O3. The first-order valence-electron chi connectivity index (χ1n) is 8.54. The summed E-state index contributed by atoms with van der Waals surface area (Å²) in [5.41, 5.74) is 1.25. The maximum Gasteiger partial charge on any atom is 0.387 e. The van der Waals surface area contributed by atoms with E-state index in [1.54, 1.807) is 24.3 Å². The molecule has 152 valence electrons. The Labute approximate surface area is 167 Å². The van der Waals surface area contributed by atoms with E-state index >= 15 is 0 Å². The van der Waals surface area contributed by atoms with E-state index in [2.05, 4.69) is 20.4 Å². The summed E-state index contributed by atoms with van der Waals surface area (Å²) in [5.74, 6) is 0.926. The van der Waals surface area contributed by atoms with Crippen molar-refractivity contribution >= 4 is 17.6 Å². The van der Waals surface area contributed by atoms with Crippen LogP contribution in [0.5, 0.6) is 17.2 Å². The summed E-state index contributed by atoms with van der Waals surface area (Å²) in [4.78, 5) is 4.43. The summed E-state index contributed by atoms with van der Waals surface area (Å²) in [5, 5.41) is 16.4. The molecule has 0 heterocycles. The van der Waals surface area contributed by atoms with E-state index in [1.807, 2.05) is 6.92 Å². The number of methoxy groups -OCH3 is 1. The van der Waals surface area contributed by atoms with Crippen LogP contribution in [0.3, 0.4) is 0 Å². The summed E-state index contributed by atoms with van der Waals surface area (Å²) < 4.78 is 34.7. The molecule has 3 N–H and O–H groups in total. The number of phenols is 1. The van der Waals surface area contributed by atoms with Gasteiger partial charge in [0.1, 0.15) is 5.75 Å². The molecule has 2 rings (SSSR count). The quantitative estimate of drug-likeness (QED) is 0.452. The van der Waals surface area contributed by atoms with E-state index in [-0.39, 0.29) is 18.0 Å². The molecule has 0 saturated carbocycles. The van der Waals surface area contributed by atoms with Crippen LogP contribution in [-0.2, 0) is 13.1 Å². The summed E-state index contributed by atoms with van der Waals surface area (Å²) in [6.45, 7) is 0.0617. The van der Waals surface area contributed by atoms with Crippen LogP contribution < -0.4 is 20.1 Å². The van der Waals surface area contributed by atoms with Crippen LogP contribution >= 0.6 is 11.6 Å². The minimum Gasteiger partial charge on any atom is -0.504 e. The fraction of sp³-hybridized carbons (Fsp3) is 0.316. The number of halogens is 3. The first kappa shape index (κ1) is 21.6. The number of aromatic hydroxyl groups is 1. The first-order valence-corrected chi connectivity index (χ1v) is 8.92. The number of alkyl halides is 2. The van der Waals surface area contributed by atoms with Crippen molar-refractivity contribution in [3.8, 4) is 17.2 Å². The second-order valence-corrected chi connectivity index (χ2v) is 6.12. The Bertz CT molecular complexity index is 819. The lowest BCUT2D eigenvalue weighted by molar-refractivity contribution is -0.0504. The van der Waals surface area contributed by atoms with Crippen molar-refractivity contribution in [2.75, 3.05) is 13.7 Å². The number of rotatable bonds is 8. The van der Waals surface area contributed by atoms with Gasteiger partial charge in [-0.25, -0.2) is 4.99 Å². The van der Waals surface area contributed by atoms with Gasteiger partial charge in [0.2, 0.25) is 0 Å². The highest BCUT2D eigenvalue weighted by molar-refractivity contribution is 6.30. The fourth-order valence-electron chi connectivity index (χ4n) is 2.42. The van der Waals surface area contributed by atoms with E-state index in [0.29, 0.717) is 35.4 Å². The second-order valence-electron chi connectivity index (χ2n) is 5.69. The third-order valence-corrected chi connectivity index (χ3v) is 3.93. The van der Waals surface area contributed by atoms with Crippen molar-refractivity contribution < 1.29 is 23.4 Å². The summed E-state index contributed by atoms with van der Waals surface area (Å²) in [7, 11) is 1.47. The van der Waals surface area contributed by atoms with E-state index in [4.69, 9.17) is 16.3 Å². The average molecular weight is 414 g/mol. The lowest BCUT2D eigenvalue weighted by Crippen LogP contribution is -2.36. The van der Waals surface area contributed by atoms with Gasteiger partial charge in [-0.15, -0.1) is 0 Å². The zero-order valence-electron chi connectivity index (χ0n) is 15.5. The Hall–Kier alpha value is -2.74. The Kier molecular flexibility index (Phi) is 8.13. The Morgan fingerprint density at radius 2 is 1.93 bits per heavy atom. The largest absolute Gasteiger partial charge is 0.504 e. The fourth-order valence-corrected chi connectivity index (χ4v) is 2.62. The second kappa shape index (κ2) is 10.6. The number of nitrogens with zero attached hydrogens (tertiary/aromatic N) is 1. The molecule has 0 radical (unpaired) electrons. The molecule has 2 aromatic carbocycles. The Morgan fingerprint density at radius 3 is 2.57 bits per heavy atom. The molecule has 0 aromatic heterocycles. The van der Waals surface area contributed by atoms with Crippen molar-refractivity contribution in [3.63, 3.8) is 0 Å². The third-order valence-electron chi connectivity index (χ3n) is 3.69. The number of hydrogen-bond acceptors (Lipinski definition) is 4. The average Bonchev–Trinajstić information content (AvgIpc) is 2.65. The van der Waals surface area contributed by atoms with Crippen molar-refractivity contribution in [1.29, 1.82) is 0 Å². The molecule has 0 saturated heterocycles. The molecule has 0 atom stereocenters. The molecule has 9 heteroatoms. The molecule has 6 nitrogen and oxygen atoms in total. The molecule has 0 amide bonds. The highest BCUT2D eigenvalue weighted by Crippen LogP contribution is 2.26. The van der Waals surface area contributed by atoms with Crippen LogP contribution in [0.2, 0.25) is 5.02 Å². The number of aliphatic imine (C=N–C) groups is 1. The van der Waals surface area contributed by atoms with Crippen molar-refractivity contribution in [1.82, 2.24) is 10.6 Å². The number of guanidine groups is 1. The molecule has 0 unspecified atom stereocenters. The molecule has 2 aromatic rings. The van der Waals surface area contributed by atoms with E-state index < -0.39 is 6.61 Å². The smallest absolute Gasteiger partial charge is 0.387 e. The molecule has 0 aliphatic carbocycles. The maximum absolute atomic E-state index is 12.6. The number of benzene rings is 2. The minimum absolute atomic E-state index is 0.0286. The Morgan fingerprint density at radius 1 is 1.18 bits per heavy atom. The summed E-state index contributed by atoms with van der Waals surface area (Å²) >= 11 is 5.96. The molecular weight excluding hydrogens is 392 g/mol. The van der Waals surface area contributed by atoms with Gasteiger partial charge in [0.05, 0.1) is 13.7 Å². The highest BCUT2D eigenvalue weighted by Gasteiger charge is 2.11. The van der Waals surface area contributed by atoms with E-state index in [0.717, 1.165) is 5.56 Å². The van der Waals surface area contributed by atoms with E-state index in [9.17, 15) is 13.9 Å². The van der Waals surface area contributed by atoms with Gasteiger partial charge in [-0.1, -0.05) is 17.7 Å². The molecule has 0 aliphatic rings. The molecule has 28 heavy (non-hydrogen) atoms. The van der Waals surface area contributed by atoms with Crippen molar-refractivity contribution in [3.05, 3.63) is 52.5 Å². The van der Waals surface area contributed by atoms with Gasteiger partial charge in [0.15, 0.2) is 17.5 Å². The number of ether oxygens (including phenoxy) is 2. The zero-order valence-corrected chi connectivity index (χ0v) is 16.3. The lowest BCUT2D eigenvalue weighted by atomic mass is 10.2. The van der Waals surface area contributed by atoms with Crippen LogP contribution in [0, 0.1) is 0 Å². The monoisotopic (exact) mass is 413 g/mol. The summed E-state index contributed by atoms with van der Waals surface area (Å²) in [6, 6.07) is 9.44. The Balaban J connectivity index is 2.09. The normalized spacial score (nSPS) is 11.4. The van der Waals surface area contributed by atoms with Crippen LogP contribution in [-0.4, -0.2) is 31.3 Å². The van der Waals surface area contributed by atoms with Gasteiger partial charge in [0.25, 0.3) is 0 Å². The van der Waals surface area contributed by atoms with E-state index in [1.165, 1.54) is 19.2 Å². The molecule has 0 aliphatic heterocycles. The molecule has 0 fully saturated rings. The predicted molar refractivity (Wildman–Crippen MR) is 104 cm³/mol. The summed E-state index contributed by atoms with van der Waals surface area (Å²) in [6.07, 6.45) is 0. The minimum atomic E-state index is -2.93. The third kappa shape index (κ3) is 6.45. The van der Waals surface area contributed by atoms with Crippen LogP contribution in [0.4, 0.5) is 8.78 Å². The van der Waals surface area contributed by atoms with Gasteiger partial charge < -0.3 is 25.2 Å². The lowest BCUT2D eigenvalue weighted by Gasteiger charge is -2.15. The number of nitrogens with one attached hydrogen (secondary N) is 2. The SMILES string of the molecule is CCNC(=NCc1ccc(OC)c(O)c1)NCc1cc(Cl)ccc1OC(F)F. The van der Waals surface area contributed by atoms with Crippen LogP contribution in [0.15, 0.2) is 41.4 Å². The molecule has 0 bridgehead atoms. The van der Waals surface area contributed by atoms with Crippen LogP contribution in [0.1, 0.15) is 18.1 Å². The van der Waals surface area contributed by atoms with Crippen LogP contribution in [0.25, 0.3) is 0 Å². The maximum atomic E-state index is 12.6. The number of hydrogen-bond donors (Lipinski definition) is 3. The number of phenolic OH excluding ortho intramolecular Hbond substituents is 1. The van der Waals surface area contributed by atoms with Gasteiger partial charge >= 0.3 is 6.61 Å². The topological polar surface area (TPSA) is 75.1 Å². The predicted octanol–water partition coefficient (Wildman–Crippen LogP) is 3.91.